The molecule has 0 fully saturated rings. The molecule has 2 aromatic carbocycles. The molecule has 5 heteroatoms. The Labute approximate surface area is 152 Å². The maximum Gasteiger partial charge on any atom is 0.118 e. The number of hydrogen-bond donors (Lipinski definition) is 0. The maximum absolute atomic E-state index is 6.13. The number of methoxy groups -OCH3 is 1. The van der Waals surface area contributed by atoms with E-state index < -0.39 is 0 Å². The normalized spacial score (nSPS) is 11.3. The van der Waals surface area contributed by atoms with Gasteiger partial charge in [0.1, 0.15) is 5.75 Å². The molecule has 3 aromatic rings. The third kappa shape index (κ3) is 5.59. The second-order valence-electron chi connectivity index (χ2n) is 5.32. The molecule has 0 bridgehead atoms. The summed E-state index contributed by atoms with van der Waals surface area (Å²) in [5.74, 6) is 0.910. The number of hydrogen-bond acceptors (Lipinski definition) is 2. The summed E-state index contributed by atoms with van der Waals surface area (Å²) in [4.78, 5) is 4.03. The van der Waals surface area contributed by atoms with Gasteiger partial charge in [0.25, 0.3) is 0 Å². The lowest BCUT2D eigenvalue weighted by atomic mass is 10.1. The first-order valence-electron chi connectivity index (χ1n) is 7.60. The van der Waals surface area contributed by atoms with Crippen LogP contribution in [0, 0.1) is 0 Å². The number of imidazole rings is 1. The highest BCUT2D eigenvalue weighted by Gasteiger charge is 2.08. The van der Waals surface area contributed by atoms with Crippen molar-refractivity contribution in [1.29, 1.82) is 0 Å². The first kappa shape index (κ1) is 18.4. The maximum atomic E-state index is 6.13. The molecule has 3 rings (SSSR count). The lowest BCUT2D eigenvalue weighted by Gasteiger charge is -2.14. The van der Waals surface area contributed by atoms with E-state index in [1.54, 1.807) is 19.4 Å². The molecule has 0 spiro atoms. The van der Waals surface area contributed by atoms with Gasteiger partial charge < -0.3 is 9.30 Å². The largest absolute Gasteiger partial charge is 0.497 e. The molecule has 126 valence electrons. The van der Waals surface area contributed by atoms with Gasteiger partial charge in [0.15, 0.2) is 0 Å². The first-order chi connectivity index (χ1) is 11.6. The van der Waals surface area contributed by atoms with Crippen molar-refractivity contribution in [2.24, 2.45) is 0 Å². The van der Waals surface area contributed by atoms with E-state index in [0.29, 0.717) is 11.1 Å². The lowest BCUT2D eigenvalue weighted by Crippen LogP contribution is -2.06. The number of halogens is 2. The molecule has 1 heterocycles. The summed E-state index contributed by atoms with van der Waals surface area (Å²) in [6.07, 6.45) is 6.41. The molecule has 0 saturated carbocycles. The van der Waals surface area contributed by atoms with Crippen LogP contribution in [0.25, 0.3) is 0 Å². The van der Waals surface area contributed by atoms with Gasteiger partial charge in [-0.3, -0.25) is 0 Å². The molecule has 0 aliphatic rings. The van der Waals surface area contributed by atoms with Crippen molar-refractivity contribution < 1.29 is 4.74 Å². The van der Waals surface area contributed by atoms with Crippen LogP contribution in [0.1, 0.15) is 18.5 Å². The van der Waals surface area contributed by atoms with E-state index in [1.165, 1.54) is 0 Å². The quantitative estimate of drug-likeness (QED) is 0.596. The number of para-hydroxylation sites is 1. The van der Waals surface area contributed by atoms with E-state index >= 15 is 0 Å². The van der Waals surface area contributed by atoms with E-state index in [0.717, 1.165) is 22.8 Å². The Morgan fingerprint density at radius 3 is 2.42 bits per heavy atom. The van der Waals surface area contributed by atoms with E-state index in [2.05, 4.69) is 16.5 Å². The van der Waals surface area contributed by atoms with Gasteiger partial charge in [-0.25, -0.2) is 4.98 Å². The average molecular weight is 363 g/mol. The monoisotopic (exact) mass is 362 g/mol. The standard InChI is InChI=1S/C12H12Cl2N2.C7H8O/c1-9(16-5-4-15-8-16)6-10-2-3-11(13)7-12(10)14;1-8-7-5-3-2-4-6-7/h2-5,7-9H,6H2,1H3;2-6H,1H3. The first-order valence-corrected chi connectivity index (χ1v) is 8.36. The van der Waals surface area contributed by atoms with Crippen LogP contribution in [-0.4, -0.2) is 16.7 Å². The van der Waals surface area contributed by atoms with Gasteiger partial charge in [0.2, 0.25) is 0 Å². The smallest absolute Gasteiger partial charge is 0.118 e. The van der Waals surface area contributed by atoms with E-state index in [-0.39, 0.29) is 0 Å². The highest BCUT2D eigenvalue weighted by molar-refractivity contribution is 6.35. The summed E-state index contributed by atoms with van der Waals surface area (Å²) in [5, 5.41) is 1.39. The van der Waals surface area contributed by atoms with Gasteiger partial charge in [-0.05, 0) is 43.2 Å². The molecule has 0 radical (unpaired) electrons. The fourth-order valence-electron chi connectivity index (χ4n) is 2.20. The molecule has 0 aliphatic heterocycles. The molecule has 0 N–H and O–H groups in total. The van der Waals surface area contributed by atoms with Gasteiger partial charge in [0, 0.05) is 28.5 Å². The van der Waals surface area contributed by atoms with Crippen molar-refractivity contribution in [3.05, 3.63) is 82.9 Å². The van der Waals surface area contributed by atoms with Crippen LogP contribution >= 0.6 is 23.2 Å². The molecule has 3 nitrogen and oxygen atoms in total. The van der Waals surface area contributed by atoms with Crippen LogP contribution in [-0.2, 0) is 6.42 Å². The number of rotatable bonds is 4. The Morgan fingerprint density at radius 1 is 1.12 bits per heavy atom. The summed E-state index contributed by atoms with van der Waals surface area (Å²) >= 11 is 12.0. The third-order valence-corrected chi connectivity index (χ3v) is 4.13. The van der Waals surface area contributed by atoms with Crippen LogP contribution < -0.4 is 4.74 Å². The predicted molar refractivity (Wildman–Crippen MR) is 100 cm³/mol. The van der Waals surface area contributed by atoms with Gasteiger partial charge in [-0.15, -0.1) is 0 Å². The van der Waals surface area contributed by atoms with Crippen molar-refractivity contribution in [3.63, 3.8) is 0 Å². The zero-order chi connectivity index (χ0) is 17.4. The van der Waals surface area contributed by atoms with Crippen molar-refractivity contribution in [2.45, 2.75) is 19.4 Å². The Morgan fingerprint density at radius 2 is 1.88 bits per heavy atom. The number of ether oxygens (including phenoxy) is 1. The Hall–Kier alpha value is -1.97. The van der Waals surface area contributed by atoms with Gasteiger partial charge >= 0.3 is 0 Å². The molecular weight excluding hydrogens is 343 g/mol. The Balaban J connectivity index is 0.000000219. The molecular formula is C19H20Cl2N2O. The van der Waals surface area contributed by atoms with Crippen molar-refractivity contribution >= 4 is 23.2 Å². The summed E-state index contributed by atoms with van der Waals surface area (Å²) in [5.41, 5.74) is 1.10. The predicted octanol–water partition coefficient (Wildman–Crippen LogP) is 5.69. The topological polar surface area (TPSA) is 27.1 Å². The summed E-state index contributed by atoms with van der Waals surface area (Å²) in [6, 6.07) is 15.6. The fraction of sp³-hybridized carbons (Fsp3) is 0.211. The summed E-state index contributed by atoms with van der Waals surface area (Å²) < 4.78 is 6.97. The molecule has 1 unspecified atom stereocenters. The van der Waals surface area contributed by atoms with Crippen LogP contribution in [0.3, 0.4) is 0 Å². The van der Waals surface area contributed by atoms with Gasteiger partial charge in [-0.2, -0.15) is 0 Å². The molecule has 0 saturated heterocycles. The molecule has 24 heavy (non-hydrogen) atoms. The lowest BCUT2D eigenvalue weighted by molar-refractivity contribution is 0.415. The molecule has 1 atom stereocenters. The van der Waals surface area contributed by atoms with Crippen molar-refractivity contribution in [3.8, 4) is 5.75 Å². The second kappa shape index (κ2) is 9.36. The molecule has 1 aromatic heterocycles. The van der Waals surface area contributed by atoms with E-state index in [1.807, 2.05) is 55.0 Å². The highest BCUT2D eigenvalue weighted by atomic mass is 35.5. The van der Waals surface area contributed by atoms with Crippen LogP contribution in [0.4, 0.5) is 0 Å². The summed E-state index contributed by atoms with van der Waals surface area (Å²) in [7, 11) is 1.66. The second-order valence-corrected chi connectivity index (χ2v) is 6.16. The minimum Gasteiger partial charge on any atom is -0.497 e. The third-order valence-electron chi connectivity index (χ3n) is 3.54. The van der Waals surface area contributed by atoms with Crippen molar-refractivity contribution in [2.75, 3.05) is 7.11 Å². The summed E-state index contributed by atoms with van der Waals surface area (Å²) in [6.45, 7) is 2.13. The number of aromatic nitrogens is 2. The average Bonchev–Trinajstić information content (AvgIpc) is 3.13. The van der Waals surface area contributed by atoms with E-state index in [4.69, 9.17) is 27.9 Å². The van der Waals surface area contributed by atoms with Gasteiger partial charge in [-0.1, -0.05) is 47.5 Å². The number of benzene rings is 2. The minimum absolute atomic E-state index is 0.334. The Bertz CT molecular complexity index is 730. The highest BCUT2D eigenvalue weighted by Crippen LogP contribution is 2.24. The molecule has 0 aliphatic carbocycles. The van der Waals surface area contributed by atoms with E-state index in [9.17, 15) is 0 Å². The zero-order valence-electron chi connectivity index (χ0n) is 13.7. The Kier molecular flexibility index (Phi) is 7.16. The molecule has 0 amide bonds. The van der Waals surface area contributed by atoms with Crippen molar-refractivity contribution in [1.82, 2.24) is 9.55 Å². The fourth-order valence-corrected chi connectivity index (χ4v) is 2.68. The van der Waals surface area contributed by atoms with Crippen LogP contribution in [0.15, 0.2) is 67.3 Å². The number of nitrogens with zero attached hydrogens (tertiary/aromatic N) is 2. The van der Waals surface area contributed by atoms with Gasteiger partial charge in [0.05, 0.1) is 13.4 Å². The minimum atomic E-state index is 0.334. The van der Waals surface area contributed by atoms with Crippen LogP contribution in [0.5, 0.6) is 5.75 Å². The van der Waals surface area contributed by atoms with Crippen LogP contribution in [0.2, 0.25) is 10.0 Å². The SMILES string of the molecule is CC(Cc1ccc(Cl)cc1Cl)n1ccnc1.COc1ccccc1. The zero-order valence-corrected chi connectivity index (χ0v) is 15.2.